The molecular formula is C7H8N4O. The molecule has 1 rings (SSSR count). The van der Waals surface area contributed by atoms with Crippen molar-refractivity contribution in [2.45, 2.75) is 6.92 Å². The van der Waals surface area contributed by atoms with Crippen molar-refractivity contribution in [2.24, 2.45) is 13.0 Å². The Kier molecular flexibility index (Phi) is 2.19. The highest BCUT2D eigenvalue weighted by Crippen LogP contribution is 2.02. The van der Waals surface area contributed by atoms with E-state index < -0.39 is 5.92 Å². The van der Waals surface area contributed by atoms with Crippen LogP contribution in [-0.4, -0.2) is 20.8 Å². The summed E-state index contributed by atoms with van der Waals surface area (Å²) >= 11 is 0. The van der Waals surface area contributed by atoms with Gasteiger partial charge in [-0.1, -0.05) is 0 Å². The number of ketones is 1. The van der Waals surface area contributed by atoms with Gasteiger partial charge >= 0.3 is 0 Å². The van der Waals surface area contributed by atoms with Crippen molar-refractivity contribution in [1.29, 1.82) is 5.26 Å². The van der Waals surface area contributed by atoms with E-state index in [4.69, 9.17) is 5.26 Å². The molecule has 1 atom stereocenters. The molecule has 0 saturated heterocycles. The zero-order valence-electron chi connectivity index (χ0n) is 6.85. The van der Waals surface area contributed by atoms with Crippen molar-refractivity contribution in [3.8, 4) is 6.07 Å². The lowest BCUT2D eigenvalue weighted by molar-refractivity contribution is 0.0951. The minimum absolute atomic E-state index is 0.242. The normalized spacial score (nSPS) is 12.1. The van der Waals surface area contributed by atoms with Crippen LogP contribution in [0.3, 0.4) is 0 Å². The van der Waals surface area contributed by atoms with E-state index in [1.54, 1.807) is 7.05 Å². The molecule has 0 fully saturated rings. The summed E-state index contributed by atoms with van der Waals surface area (Å²) in [4.78, 5) is 12.5. The van der Waals surface area contributed by atoms with Gasteiger partial charge in [0.05, 0.1) is 12.3 Å². The van der Waals surface area contributed by atoms with E-state index >= 15 is 0 Å². The second-order valence-electron chi connectivity index (χ2n) is 2.43. The first-order valence-corrected chi connectivity index (χ1v) is 3.45. The summed E-state index contributed by atoms with van der Waals surface area (Å²) in [5.74, 6) is -0.938. The first-order valence-electron chi connectivity index (χ1n) is 3.45. The molecule has 0 aliphatic carbocycles. The van der Waals surface area contributed by atoms with Gasteiger partial charge in [-0.25, -0.2) is 0 Å². The molecular weight excluding hydrogens is 156 g/mol. The molecule has 12 heavy (non-hydrogen) atoms. The average molecular weight is 164 g/mol. The average Bonchev–Trinajstić information content (AvgIpc) is 2.49. The number of hydrogen-bond acceptors (Lipinski definition) is 4. The third-order valence-corrected chi connectivity index (χ3v) is 1.44. The summed E-state index contributed by atoms with van der Waals surface area (Å²) in [6, 6.07) is 1.85. The Morgan fingerprint density at radius 2 is 2.50 bits per heavy atom. The molecule has 0 aliphatic rings. The predicted octanol–water partition coefficient (Wildman–Crippen LogP) is 0.157. The van der Waals surface area contributed by atoms with Crippen molar-refractivity contribution in [1.82, 2.24) is 15.0 Å². The fraction of sp³-hybridized carbons (Fsp3) is 0.429. The molecule has 5 nitrogen and oxygen atoms in total. The largest absolute Gasteiger partial charge is 0.291 e. The molecule has 0 bridgehead atoms. The van der Waals surface area contributed by atoms with Crippen LogP contribution in [0.2, 0.25) is 0 Å². The van der Waals surface area contributed by atoms with Crippen LogP contribution in [0.4, 0.5) is 0 Å². The predicted molar refractivity (Wildman–Crippen MR) is 40.1 cm³/mol. The Balaban J connectivity index is 2.87. The van der Waals surface area contributed by atoms with Crippen molar-refractivity contribution >= 4 is 5.78 Å². The molecule has 1 unspecified atom stereocenters. The van der Waals surface area contributed by atoms with Gasteiger partial charge in [-0.2, -0.15) is 20.3 Å². The van der Waals surface area contributed by atoms with Crippen LogP contribution in [0, 0.1) is 17.2 Å². The number of aromatic nitrogens is 3. The fourth-order valence-corrected chi connectivity index (χ4v) is 0.739. The monoisotopic (exact) mass is 164 g/mol. The summed E-state index contributed by atoms with van der Waals surface area (Å²) in [5.41, 5.74) is 0.242. The van der Waals surface area contributed by atoms with Gasteiger partial charge < -0.3 is 0 Å². The maximum atomic E-state index is 11.3. The SMILES string of the molecule is CC(C#N)C(=O)c1cnn(C)n1. The first kappa shape index (κ1) is 8.40. The van der Waals surface area contributed by atoms with Gasteiger partial charge in [0.15, 0.2) is 0 Å². The number of rotatable bonds is 2. The lowest BCUT2D eigenvalue weighted by Gasteiger charge is -1.94. The van der Waals surface area contributed by atoms with E-state index in [1.807, 2.05) is 6.07 Å². The first-order chi connectivity index (χ1) is 5.65. The maximum Gasteiger partial charge on any atom is 0.201 e. The third kappa shape index (κ3) is 1.48. The van der Waals surface area contributed by atoms with Crippen LogP contribution in [0.25, 0.3) is 0 Å². The Labute approximate surface area is 69.6 Å². The summed E-state index contributed by atoms with van der Waals surface area (Å²) in [6.45, 7) is 1.54. The van der Waals surface area contributed by atoms with Gasteiger partial charge in [-0.15, -0.1) is 0 Å². The molecule has 0 amide bonds. The minimum atomic E-state index is -0.651. The van der Waals surface area contributed by atoms with E-state index in [-0.39, 0.29) is 11.5 Å². The maximum absolute atomic E-state index is 11.3. The zero-order valence-corrected chi connectivity index (χ0v) is 6.85. The Bertz CT molecular complexity index is 335. The topological polar surface area (TPSA) is 71.6 Å². The molecule has 1 aromatic rings. The van der Waals surface area contributed by atoms with Crippen molar-refractivity contribution in [2.75, 3.05) is 0 Å². The molecule has 0 radical (unpaired) electrons. The highest BCUT2D eigenvalue weighted by atomic mass is 16.1. The van der Waals surface area contributed by atoms with Gasteiger partial charge in [0.2, 0.25) is 5.78 Å². The molecule has 0 N–H and O–H groups in total. The van der Waals surface area contributed by atoms with Gasteiger partial charge in [-0.05, 0) is 6.92 Å². The minimum Gasteiger partial charge on any atom is -0.291 e. The summed E-state index contributed by atoms with van der Waals surface area (Å²) in [5, 5.41) is 16.0. The molecule has 0 saturated carbocycles. The molecule has 1 heterocycles. The molecule has 0 spiro atoms. The lowest BCUT2D eigenvalue weighted by Crippen LogP contribution is -2.10. The van der Waals surface area contributed by atoms with Gasteiger partial charge in [0.1, 0.15) is 11.6 Å². The Hall–Kier alpha value is -1.70. The van der Waals surface area contributed by atoms with E-state index in [2.05, 4.69) is 10.2 Å². The number of carbonyl (C=O) groups is 1. The van der Waals surface area contributed by atoms with E-state index in [9.17, 15) is 4.79 Å². The standard InChI is InChI=1S/C7H8N4O/c1-5(3-8)7(12)6-4-9-11(2)10-6/h4-5H,1-2H3. The van der Waals surface area contributed by atoms with Crippen molar-refractivity contribution in [3.63, 3.8) is 0 Å². The quantitative estimate of drug-likeness (QED) is 0.583. The summed E-state index contributed by atoms with van der Waals surface area (Å²) in [6.07, 6.45) is 1.36. The van der Waals surface area contributed by atoms with Crippen LogP contribution < -0.4 is 0 Å². The summed E-state index contributed by atoms with van der Waals surface area (Å²) < 4.78 is 0. The number of nitriles is 1. The van der Waals surface area contributed by atoms with Crippen LogP contribution in [0.1, 0.15) is 17.4 Å². The van der Waals surface area contributed by atoms with Gasteiger partial charge in [0.25, 0.3) is 0 Å². The third-order valence-electron chi connectivity index (χ3n) is 1.44. The second-order valence-corrected chi connectivity index (χ2v) is 2.43. The van der Waals surface area contributed by atoms with E-state index in [0.29, 0.717) is 0 Å². The highest BCUT2D eigenvalue weighted by molar-refractivity contribution is 5.97. The van der Waals surface area contributed by atoms with Crippen LogP contribution in [0.15, 0.2) is 6.20 Å². The highest BCUT2D eigenvalue weighted by Gasteiger charge is 2.16. The number of aryl methyl sites for hydroxylation is 1. The molecule has 5 heteroatoms. The number of Topliss-reactive ketones (excluding diaryl/α,β-unsaturated/α-hetero) is 1. The summed E-state index contributed by atoms with van der Waals surface area (Å²) in [7, 11) is 1.62. The Morgan fingerprint density at radius 1 is 1.83 bits per heavy atom. The van der Waals surface area contributed by atoms with Gasteiger partial charge in [-0.3, -0.25) is 4.79 Å². The van der Waals surface area contributed by atoms with Crippen molar-refractivity contribution < 1.29 is 4.79 Å². The van der Waals surface area contributed by atoms with Crippen LogP contribution in [-0.2, 0) is 7.05 Å². The van der Waals surface area contributed by atoms with Crippen molar-refractivity contribution in [3.05, 3.63) is 11.9 Å². The molecule has 0 aromatic carbocycles. The van der Waals surface area contributed by atoms with Crippen LogP contribution >= 0.6 is 0 Å². The zero-order chi connectivity index (χ0) is 9.14. The smallest absolute Gasteiger partial charge is 0.201 e. The number of hydrogen-bond donors (Lipinski definition) is 0. The van der Waals surface area contributed by atoms with E-state index in [1.165, 1.54) is 17.9 Å². The second kappa shape index (κ2) is 3.13. The fourth-order valence-electron chi connectivity index (χ4n) is 0.739. The molecule has 62 valence electrons. The number of nitrogens with zero attached hydrogens (tertiary/aromatic N) is 4. The van der Waals surface area contributed by atoms with E-state index in [0.717, 1.165) is 0 Å². The van der Waals surface area contributed by atoms with Crippen LogP contribution in [0.5, 0.6) is 0 Å². The Morgan fingerprint density at radius 3 is 2.92 bits per heavy atom. The van der Waals surface area contributed by atoms with Gasteiger partial charge in [0, 0.05) is 7.05 Å². The molecule has 1 aromatic heterocycles. The molecule has 0 aliphatic heterocycles. The number of carbonyl (C=O) groups excluding carboxylic acids is 1. The lowest BCUT2D eigenvalue weighted by atomic mass is 10.1.